The number of carbonyl (C=O) groups is 1. The third-order valence-electron chi connectivity index (χ3n) is 4.76. The maximum atomic E-state index is 13.1. The molecule has 1 aromatic carbocycles. The number of pyridine rings is 1. The minimum atomic E-state index is -0.467. The van der Waals surface area contributed by atoms with Crippen LogP contribution >= 0.6 is 11.6 Å². The van der Waals surface area contributed by atoms with E-state index < -0.39 is 5.56 Å². The molecule has 1 N–H and O–H groups in total. The molecule has 0 aliphatic carbocycles. The molecule has 4 heterocycles. The molecule has 3 aromatic heterocycles. The van der Waals surface area contributed by atoms with Gasteiger partial charge >= 0.3 is 6.03 Å². The van der Waals surface area contributed by atoms with E-state index >= 15 is 0 Å². The second kappa shape index (κ2) is 7.23. The highest BCUT2D eigenvalue weighted by molar-refractivity contribution is 6.30. The molecular weight excluding hydrogens is 410 g/mol. The fourth-order valence-corrected chi connectivity index (χ4v) is 3.43. The summed E-state index contributed by atoms with van der Waals surface area (Å²) in [5, 5.41) is 10.6. The van der Waals surface area contributed by atoms with Crippen molar-refractivity contribution in [2.45, 2.75) is 6.42 Å². The molecule has 1 aliphatic rings. The van der Waals surface area contributed by atoms with Crippen molar-refractivity contribution in [3.63, 3.8) is 0 Å². The lowest BCUT2D eigenvalue weighted by atomic mass is 10.1. The molecule has 150 valence electrons. The Morgan fingerprint density at radius 3 is 2.63 bits per heavy atom. The van der Waals surface area contributed by atoms with Crippen molar-refractivity contribution in [1.82, 2.24) is 30.2 Å². The molecule has 30 heavy (non-hydrogen) atoms. The van der Waals surface area contributed by atoms with Crippen molar-refractivity contribution >= 4 is 34.5 Å². The monoisotopic (exact) mass is 423 g/mol. The van der Waals surface area contributed by atoms with E-state index in [-0.39, 0.29) is 17.2 Å². The van der Waals surface area contributed by atoms with E-state index in [2.05, 4.69) is 30.2 Å². The largest absolute Gasteiger partial charge is 0.338 e. The first-order valence-corrected chi connectivity index (χ1v) is 9.53. The van der Waals surface area contributed by atoms with Crippen molar-refractivity contribution < 1.29 is 9.42 Å². The standard InChI is InChI=1S/C19H14ClN7O3/c20-12-4-7-14(22-10-12)27-17(23-16-15(18(27)28)24-30-25-16)11-2-5-13(6-3-11)26-9-1-8-21-19(26)29/h2-7,10H,1,8-9H2,(H,21,29). The molecule has 0 unspecified atom stereocenters. The Kier molecular flexibility index (Phi) is 4.40. The number of benzene rings is 1. The number of fused-ring (bicyclic) bond motifs is 1. The van der Waals surface area contributed by atoms with Gasteiger partial charge in [0, 0.05) is 30.5 Å². The first kappa shape index (κ1) is 18.3. The summed E-state index contributed by atoms with van der Waals surface area (Å²) in [6, 6.07) is 10.3. The summed E-state index contributed by atoms with van der Waals surface area (Å²) in [7, 11) is 0. The highest BCUT2D eigenvalue weighted by Crippen LogP contribution is 2.25. The third-order valence-corrected chi connectivity index (χ3v) is 4.98. The zero-order valence-corrected chi connectivity index (χ0v) is 16.2. The predicted molar refractivity (Wildman–Crippen MR) is 109 cm³/mol. The molecule has 1 aliphatic heterocycles. The van der Waals surface area contributed by atoms with Crippen LogP contribution in [0.3, 0.4) is 0 Å². The number of aromatic nitrogens is 5. The highest BCUT2D eigenvalue weighted by Gasteiger charge is 2.21. The SMILES string of the molecule is O=C1NCCCN1c1ccc(-c2nc3nonc3c(=O)n2-c2ccc(Cl)cn2)cc1. The average Bonchev–Trinajstić information content (AvgIpc) is 3.24. The molecule has 0 radical (unpaired) electrons. The van der Waals surface area contributed by atoms with Crippen LogP contribution in [0.1, 0.15) is 6.42 Å². The molecule has 5 rings (SSSR count). The highest BCUT2D eigenvalue weighted by atomic mass is 35.5. The number of halogens is 1. The number of anilines is 1. The van der Waals surface area contributed by atoms with Crippen LogP contribution in [-0.2, 0) is 0 Å². The first-order chi connectivity index (χ1) is 14.6. The lowest BCUT2D eigenvalue weighted by Gasteiger charge is -2.27. The maximum absolute atomic E-state index is 13.1. The van der Waals surface area contributed by atoms with Gasteiger partial charge in [-0.2, -0.15) is 0 Å². The topological polar surface area (TPSA) is 119 Å². The minimum absolute atomic E-state index is 0.00268. The summed E-state index contributed by atoms with van der Waals surface area (Å²) < 4.78 is 6.01. The van der Waals surface area contributed by atoms with E-state index in [1.807, 2.05) is 0 Å². The maximum Gasteiger partial charge on any atom is 0.321 e. The fraction of sp³-hybridized carbons (Fsp3) is 0.158. The van der Waals surface area contributed by atoms with Gasteiger partial charge in [-0.1, -0.05) is 11.6 Å². The summed E-state index contributed by atoms with van der Waals surface area (Å²) >= 11 is 5.94. The zero-order valence-electron chi connectivity index (χ0n) is 15.4. The number of carbonyl (C=O) groups excluding carboxylic acids is 1. The van der Waals surface area contributed by atoms with Crippen molar-refractivity contribution in [3.05, 3.63) is 58.0 Å². The number of hydrogen-bond donors (Lipinski definition) is 1. The van der Waals surface area contributed by atoms with Gasteiger partial charge in [-0.3, -0.25) is 9.69 Å². The quantitative estimate of drug-likeness (QED) is 0.537. The van der Waals surface area contributed by atoms with Crippen LogP contribution in [0.5, 0.6) is 0 Å². The smallest absolute Gasteiger partial charge is 0.321 e. The molecule has 1 saturated heterocycles. The van der Waals surface area contributed by atoms with Crippen molar-refractivity contribution in [2.75, 3.05) is 18.0 Å². The summed E-state index contributed by atoms with van der Waals surface area (Å²) in [6.45, 7) is 1.31. The molecule has 10 nitrogen and oxygen atoms in total. The van der Waals surface area contributed by atoms with Crippen molar-refractivity contribution in [2.24, 2.45) is 0 Å². The Labute approximate surface area is 174 Å². The Morgan fingerprint density at radius 1 is 1.07 bits per heavy atom. The average molecular weight is 424 g/mol. The van der Waals surface area contributed by atoms with Crippen LogP contribution in [0, 0.1) is 0 Å². The summed E-state index contributed by atoms with van der Waals surface area (Å²) in [5.41, 5.74) is 1.01. The van der Waals surface area contributed by atoms with E-state index in [0.717, 1.165) is 12.1 Å². The van der Waals surface area contributed by atoms with Gasteiger partial charge in [0.1, 0.15) is 5.82 Å². The van der Waals surface area contributed by atoms with Gasteiger partial charge in [-0.05, 0) is 53.1 Å². The molecular formula is C19H14ClN7O3. The normalized spacial score (nSPS) is 14.2. The van der Waals surface area contributed by atoms with Gasteiger partial charge in [0.05, 0.1) is 5.02 Å². The van der Waals surface area contributed by atoms with Crippen LogP contribution in [0.25, 0.3) is 28.4 Å². The van der Waals surface area contributed by atoms with Crippen LogP contribution in [0.2, 0.25) is 5.02 Å². The molecule has 1 fully saturated rings. The molecule has 0 atom stereocenters. The van der Waals surface area contributed by atoms with Gasteiger partial charge in [0.2, 0.25) is 11.2 Å². The second-order valence-electron chi connectivity index (χ2n) is 6.63. The van der Waals surface area contributed by atoms with Crippen LogP contribution in [-0.4, -0.2) is 44.0 Å². The van der Waals surface area contributed by atoms with E-state index in [0.29, 0.717) is 35.3 Å². The van der Waals surface area contributed by atoms with Gasteiger partial charge in [0.15, 0.2) is 5.82 Å². The predicted octanol–water partition coefficient (Wildman–Crippen LogP) is 2.40. The number of nitrogens with zero attached hydrogens (tertiary/aromatic N) is 6. The van der Waals surface area contributed by atoms with E-state index in [9.17, 15) is 9.59 Å². The Morgan fingerprint density at radius 2 is 1.90 bits per heavy atom. The number of amides is 2. The number of hydrogen-bond acceptors (Lipinski definition) is 7. The van der Waals surface area contributed by atoms with E-state index in [1.54, 1.807) is 41.3 Å². The lowest BCUT2D eigenvalue weighted by Crippen LogP contribution is -2.46. The molecule has 4 aromatic rings. The second-order valence-corrected chi connectivity index (χ2v) is 7.07. The zero-order chi connectivity index (χ0) is 20.7. The van der Waals surface area contributed by atoms with Crippen molar-refractivity contribution in [3.8, 4) is 17.2 Å². The number of nitrogens with one attached hydrogen (secondary N) is 1. The van der Waals surface area contributed by atoms with E-state index in [1.165, 1.54) is 10.8 Å². The molecule has 2 amide bonds. The summed E-state index contributed by atoms with van der Waals surface area (Å²) in [4.78, 5) is 35.5. The van der Waals surface area contributed by atoms with Crippen molar-refractivity contribution in [1.29, 1.82) is 0 Å². The van der Waals surface area contributed by atoms with Gasteiger partial charge in [-0.15, -0.1) is 0 Å². The van der Waals surface area contributed by atoms with E-state index in [4.69, 9.17) is 11.6 Å². The van der Waals surface area contributed by atoms with Crippen LogP contribution in [0.4, 0.5) is 10.5 Å². The lowest BCUT2D eigenvalue weighted by molar-refractivity contribution is 0.243. The summed E-state index contributed by atoms with van der Waals surface area (Å²) in [6.07, 6.45) is 2.31. The number of rotatable bonds is 3. The Balaban J connectivity index is 1.64. The van der Waals surface area contributed by atoms with Crippen LogP contribution < -0.4 is 15.8 Å². The van der Waals surface area contributed by atoms with Crippen LogP contribution in [0.15, 0.2) is 52.0 Å². The molecule has 0 spiro atoms. The summed E-state index contributed by atoms with van der Waals surface area (Å²) in [5.74, 6) is 0.643. The molecule has 0 bridgehead atoms. The first-order valence-electron chi connectivity index (χ1n) is 9.15. The molecule has 11 heteroatoms. The fourth-order valence-electron chi connectivity index (χ4n) is 3.32. The Hall–Kier alpha value is -3.79. The Bertz CT molecular complexity index is 1300. The van der Waals surface area contributed by atoms with Gasteiger partial charge in [-0.25, -0.2) is 24.0 Å². The van der Waals surface area contributed by atoms with Gasteiger partial charge < -0.3 is 5.32 Å². The third kappa shape index (κ3) is 3.07. The van der Waals surface area contributed by atoms with Gasteiger partial charge in [0.25, 0.3) is 5.56 Å². The molecule has 0 saturated carbocycles. The minimum Gasteiger partial charge on any atom is -0.338 e. The number of urea groups is 1.